The molecule has 1 aliphatic rings. The summed E-state index contributed by atoms with van der Waals surface area (Å²) in [6.07, 6.45) is 2.11. The molecule has 0 amide bonds. The third-order valence-electron chi connectivity index (χ3n) is 4.46. The average Bonchev–Trinajstić information content (AvgIpc) is 3.03. The van der Waals surface area contributed by atoms with Gasteiger partial charge in [0.1, 0.15) is 0 Å². The Morgan fingerprint density at radius 1 is 1.30 bits per heavy atom. The van der Waals surface area contributed by atoms with Crippen molar-refractivity contribution in [2.75, 3.05) is 0 Å². The van der Waals surface area contributed by atoms with Crippen molar-refractivity contribution in [3.63, 3.8) is 0 Å². The quantitative estimate of drug-likeness (QED) is 0.573. The summed E-state index contributed by atoms with van der Waals surface area (Å²) in [5, 5.41) is 9.68. The van der Waals surface area contributed by atoms with Gasteiger partial charge in [0.15, 0.2) is 0 Å². The zero-order chi connectivity index (χ0) is 15.0. The second kappa shape index (κ2) is 5.32. The molecule has 0 heterocycles. The highest BCUT2D eigenvalue weighted by atomic mass is 16.3. The normalized spacial score (nSPS) is 25.4. The molecular formula is C19H24O. The summed E-state index contributed by atoms with van der Waals surface area (Å²) in [5.41, 5.74) is 6.09. The van der Waals surface area contributed by atoms with Crippen LogP contribution in [0.15, 0.2) is 48.8 Å². The maximum Gasteiger partial charge on any atom is 0.0891 e. The van der Waals surface area contributed by atoms with Crippen LogP contribution in [0.1, 0.15) is 43.4 Å². The van der Waals surface area contributed by atoms with Crippen molar-refractivity contribution in [1.29, 1.82) is 0 Å². The van der Waals surface area contributed by atoms with Crippen molar-refractivity contribution in [3.8, 4) is 0 Å². The average molecular weight is 268 g/mol. The molecule has 1 aliphatic carbocycles. The van der Waals surface area contributed by atoms with E-state index >= 15 is 0 Å². The Morgan fingerprint density at radius 3 is 2.40 bits per heavy atom. The van der Waals surface area contributed by atoms with Crippen LogP contribution in [0.25, 0.3) is 5.57 Å². The number of aryl methyl sites for hydroxylation is 1. The van der Waals surface area contributed by atoms with Crippen LogP contribution in [-0.4, -0.2) is 5.11 Å². The molecule has 106 valence electrons. The van der Waals surface area contributed by atoms with Crippen molar-refractivity contribution < 1.29 is 5.11 Å². The summed E-state index contributed by atoms with van der Waals surface area (Å²) in [6, 6.07) is 6.57. The molecule has 20 heavy (non-hydrogen) atoms. The molecule has 1 aromatic carbocycles. The summed E-state index contributed by atoms with van der Waals surface area (Å²) < 4.78 is 0. The minimum atomic E-state index is 0.211. The maximum absolute atomic E-state index is 9.68. The molecule has 1 nitrogen and oxygen atoms in total. The molecule has 1 saturated carbocycles. The monoisotopic (exact) mass is 268 g/mol. The Balaban J connectivity index is 2.41. The molecule has 2 rings (SSSR count). The largest absolute Gasteiger partial charge is 0.513 e. The Morgan fingerprint density at radius 2 is 1.95 bits per heavy atom. The topological polar surface area (TPSA) is 20.2 Å². The lowest BCUT2D eigenvalue weighted by atomic mass is 9.93. The summed E-state index contributed by atoms with van der Waals surface area (Å²) in [7, 11) is 0. The van der Waals surface area contributed by atoms with Crippen LogP contribution in [0.4, 0.5) is 0 Å². The van der Waals surface area contributed by atoms with Crippen molar-refractivity contribution in [1.82, 2.24) is 0 Å². The van der Waals surface area contributed by atoms with Crippen molar-refractivity contribution in [2.24, 2.45) is 11.8 Å². The fourth-order valence-electron chi connectivity index (χ4n) is 3.28. The van der Waals surface area contributed by atoms with Gasteiger partial charge in [-0.15, -0.1) is 0 Å². The third kappa shape index (κ3) is 2.45. The molecule has 0 bridgehead atoms. The van der Waals surface area contributed by atoms with Gasteiger partial charge in [0.25, 0.3) is 0 Å². The lowest BCUT2D eigenvalue weighted by Gasteiger charge is -2.12. The van der Waals surface area contributed by atoms with E-state index in [-0.39, 0.29) is 5.92 Å². The maximum atomic E-state index is 9.68. The fraction of sp³-hybridized carbons (Fsp3) is 0.368. The molecule has 1 fully saturated rings. The van der Waals surface area contributed by atoms with E-state index < -0.39 is 0 Å². The number of aliphatic hydroxyl groups excluding tert-OH is 1. The van der Waals surface area contributed by atoms with Crippen LogP contribution in [0.2, 0.25) is 0 Å². The van der Waals surface area contributed by atoms with E-state index in [1.807, 2.05) is 13.8 Å². The molecule has 1 heteroatoms. The van der Waals surface area contributed by atoms with Gasteiger partial charge in [-0.3, -0.25) is 0 Å². The number of rotatable bonds is 4. The van der Waals surface area contributed by atoms with Gasteiger partial charge in [-0.25, -0.2) is 0 Å². The molecule has 0 saturated heterocycles. The minimum absolute atomic E-state index is 0.211. The Labute approximate surface area is 122 Å². The SMILES string of the molecule is C=C(C)/C(=C\C)c1ccc(C)c(C2C(C)C2C(=C)O)c1. The summed E-state index contributed by atoms with van der Waals surface area (Å²) in [5.74, 6) is 1.40. The predicted molar refractivity (Wildman–Crippen MR) is 86.8 cm³/mol. The Bertz CT molecular complexity index is 592. The summed E-state index contributed by atoms with van der Waals surface area (Å²) in [6.45, 7) is 16.1. The fourth-order valence-corrected chi connectivity index (χ4v) is 3.28. The first-order chi connectivity index (χ1) is 9.38. The molecule has 1 aromatic rings. The molecular weight excluding hydrogens is 244 g/mol. The first-order valence-electron chi connectivity index (χ1n) is 7.19. The number of hydrogen-bond donors (Lipinski definition) is 1. The molecule has 3 atom stereocenters. The molecule has 0 aliphatic heterocycles. The second-order valence-electron chi connectivity index (χ2n) is 5.96. The number of aliphatic hydroxyl groups is 1. The van der Waals surface area contributed by atoms with Gasteiger partial charge >= 0.3 is 0 Å². The highest BCUT2D eigenvalue weighted by molar-refractivity contribution is 5.78. The van der Waals surface area contributed by atoms with E-state index in [2.05, 4.69) is 51.3 Å². The smallest absolute Gasteiger partial charge is 0.0891 e. The Hall–Kier alpha value is -1.76. The van der Waals surface area contributed by atoms with Gasteiger partial charge in [0, 0.05) is 5.92 Å². The van der Waals surface area contributed by atoms with Gasteiger partial charge in [-0.1, -0.05) is 49.9 Å². The van der Waals surface area contributed by atoms with Crippen LogP contribution in [0.3, 0.4) is 0 Å². The molecule has 1 N–H and O–H groups in total. The zero-order valence-electron chi connectivity index (χ0n) is 12.9. The van der Waals surface area contributed by atoms with Crippen LogP contribution in [0.5, 0.6) is 0 Å². The molecule has 0 radical (unpaired) electrons. The highest BCUT2D eigenvalue weighted by Gasteiger charge is 2.50. The second-order valence-corrected chi connectivity index (χ2v) is 5.96. The van der Waals surface area contributed by atoms with Crippen LogP contribution < -0.4 is 0 Å². The van der Waals surface area contributed by atoms with E-state index in [1.54, 1.807) is 0 Å². The van der Waals surface area contributed by atoms with Gasteiger partial charge in [-0.05, 0) is 54.9 Å². The summed E-state index contributed by atoms with van der Waals surface area (Å²) >= 11 is 0. The van der Waals surface area contributed by atoms with Crippen LogP contribution in [0, 0.1) is 18.8 Å². The van der Waals surface area contributed by atoms with E-state index in [0.29, 0.717) is 17.6 Å². The first-order valence-corrected chi connectivity index (χ1v) is 7.19. The van der Waals surface area contributed by atoms with Gasteiger partial charge in [-0.2, -0.15) is 0 Å². The molecule has 3 unspecified atom stereocenters. The van der Waals surface area contributed by atoms with E-state index in [4.69, 9.17) is 0 Å². The standard InChI is InChI=1S/C19H24O/c1-7-16(11(2)3)15-9-8-12(4)17(10-15)19-13(5)18(19)14(6)20/h7-10,13,18-20H,2,6H2,1,3-5H3/b16-7+. The Kier molecular flexibility index (Phi) is 3.89. The van der Waals surface area contributed by atoms with Crippen molar-refractivity contribution >= 4 is 5.57 Å². The van der Waals surface area contributed by atoms with E-state index in [0.717, 1.165) is 5.57 Å². The van der Waals surface area contributed by atoms with Crippen molar-refractivity contribution in [2.45, 2.75) is 33.6 Å². The third-order valence-corrected chi connectivity index (χ3v) is 4.46. The number of allylic oxidation sites excluding steroid dienone is 4. The van der Waals surface area contributed by atoms with Crippen LogP contribution >= 0.6 is 0 Å². The molecule has 0 spiro atoms. The van der Waals surface area contributed by atoms with Crippen molar-refractivity contribution in [3.05, 3.63) is 65.5 Å². The highest BCUT2D eigenvalue weighted by Crippen LogP contribution is 2.57. The van der Waals surface area contributed by atoms with Gasteiger partial charge < -0.3 is 5.11 Å². The molecule has 0 aromatic heterocycles. The minimum Gasteiger partial charge on any atom is -0.513 e. The number of benzene rings is 1. The number of hydrogen-bond acceptors (Lipinski definition) is 1. The zero-order valence-corrected chi connectivity index (χ0v) is 12.9. The van der Waals surface area contributed by atoms with E-state index in [9.17, 15) is 5.11 Å². The van der Waals surface area contributed by atoms with Gasteiger partial charge in [0.2, 0.25) is 0 Å². The van der Waals surface area contributed by atoms with Gasteiger partial charge in [0.05, 0.1) is 5.76 Å². The predicted octanol–water partition coefficient (Wildman–Crippen LogP) is 5.40. The van der Waals surface area contributed by atoms with Crippen LogP contribution in [-0.2, 0) is 0 Å². The lowest BCUT2D eigenvalue weighted by molar-refractivity contribution is 0.374. The first kappa shape index (κ1) is 14.6. The lowest BCUT2D eigenvalue weighted by Crippen LogP contribution is -1.94. The van der Waals surface area contributed by atoms with E-state index in [1.165, 1.54) is 22.3 Å². The summed E-state index contributed by atoms with van der Waals surface area (Å²) in [4.78, 5) is 0.